The highest BCUT2D eigenvalue weighted by Gasteiger charge is 2.22. The Morgan fingerprint density at radius 1 is 1.21 bits per heavy atom. The number of nitrogens with zero attached hydrogens (tertiary/aromatic N) is 4. The van der Waals surface area contributed by atoms with Crippen LogP contribution in [-0.4, -0.2) is 41.3 Å². The lowest BCUT2D eigenvalue weighted by Gasteiger charge is -2.33. The van der Waals surface area contributed by atoms with Gasteiger partial charge in [0.15, 0.2) is 5.82 Å². The lowest BCUT2D eigenvalue weighted by molar-refractivity contribution is 0.169. The molecule has 24 heavy (non-hydrogen) atoms. The number of aromatic nitrogens is 3. The Balaban J connectivity index is 1.60. The van der Waals surface area contributed by atoms with Crippen molar-refractivity contribution in [2.75, 3.05) is 25.1 Å². The number of hydrogen-bond acceptors (Lipinski definition) is 6. The molecule has 0 saturated carbocycles. The average Bonchev–Trinajstić information content (AvgIpc) is 2.55. The molecule has 1 aliphatic heterocycles. The van der Waals surface area contributed by atoms with Crippen LogP contribution in [0, 0.1) is 6.92 Å². The molecule has 0 spiro atoms. The van der Waals surface area contributed by atoms with Crippen molar-refractivity contribution in [2.45, 2.75) is 32.5 Å². The Kier molecular flexibility index (Phi) is 5.48. The molecule has 128 valence electrons. The van der Waals surface area contributed by atoms with Gasteiger partial charge in [-0.05, 0) is 6.92 Å². The molecule has 0 unspecified atom stereocenters. The standard InChI is InChI=1S/C17H21ClN4O2/c1-12-7-17(21-16(20-12)11-23-2)22-5-3-14(4-6-22)24-15-8-13(18)9-19-10-15/h7-10,14H,3-6,11H2,1-2H3. The van der Waals surface area contributed by atoms with E-state index in [1.807, 2.05) is 13.0 Å². The van der Waals surface area contributed by atoms with Crippen LogP contribution in [0.2, 0.25) is 5.02 Å². The lowest BCUT2D eigenvalue weighted by Crippen LogP contribution is -2.39. The third-order valence-corrected chi connectivity index (χ3v) is 4.12. The molecule has 0 bridgehead atoms. The maximum atomic E-state index is 5.98. The molecule has 2 aromatic heterocycles. The van der Waals surface area contributed by atoms with E-state index in [2.05, 4.69) is 19.9 Å². The molecule has 1 fully saturated rings. The third-order valence-electron chi connectivity index (χ3n) is 3.91. The first-order valence-corrected chi connectivity index (χ1v) is 8.37. The van der Waals surface area contributed by atoms with Crippen LogP contribution < -0.4 is 9.64 Å². The molecular weight excluding hydrogens is 328 g/mol. The zero-order valence-corrected chi connectivity index (χ0v) is 14.7. The molecule has 0 aliphatic carbocycles. The van der Waals surface area contributed by atoms with Crippen molar-refractivity contribution < 1.29 is 9.47 Å². The summed E-state index contributed by atoms with van der Waals surface area (Å²) in [5.41, 5.74) is 0.954. The first kappa shape index (κ1) is 16.9. The number of halogens is 1. The second kappa shape index (κ2) is 7.77. The van der Waals surface area contributed by atoms with Crippen molar-refractivity contribution in [2.24, 2.45) is 0 Å². The molecule has 7 heteroatoms. The summed E-state index contributed by atoms with van der Waals surface area (Å²) < 4.78 is 11.1. The molecule has 3 heterocycles. The molecule has 1 aliphatic rings. The molecule has 3 rings (SSSR count). The number of pyridine rings is 1. The minimum Gasteiger partial charge on any atom is -0.489 e. The summed E-state index contributed by atoms with van der Waals surface area (Å²) in [5, 5.41) is 0.590. The second-order valence-electron chi connectivity index (χ2n) is 5.86. The summed E-state index contributed by atoms with van der Waals surface area (Å²) >= 11 is 5.95. The second-order valence-corrected chi connectivity index (χ2v) is 6.30. The van der Waals surface area contributed by atoms with Crippen molar-refractivity contribution in [1.29, 1.82) is 0 Å². The average molecular weight is 349 g/mol. The van der Waals surface area contributed by atoms with Gasteiger partial charge in [0.25, 0.3) is 0 Å². The Labute approximate surface area is 146 Å². The number of ether oxygens (including phenoxy) is 2. The predicted molar refractivity (Wildman–Crippen MR) is 92.6 cm³/mol. The van der Waals surface area contributed by atoms with E-state index in [9.17, 15) is 0 Å². The zero-order valence-electron chi connectivity index (χ0n) is 13.9. The van der Waals surface area contributed by atoms with Crippen LogP contribution in [0.4, 0.5) is 5.82 Å². The fourth-order valence-corrected chi connectivity index (χ4v) is 2.98. The summed E-state index contributed by atoms with van der Waals surface area (Å²) in [6.45, 7) is 4.19. The molecular formula is C17H21ClN4O2. The van der Waals surface area contributed by atoms with E-state index in [1.54, 1.807) is 25.6 Å². The van der Waals surface area contributed by atoms with Crippen molar-refractivity contribution in [3.8, 4) is 5.75 Å². The van der Waals surface area contributed by atoms with Gasteiger partial charge in [0.1, 0.15) is 24.3 Å². The van der Waals surface area contributed by atoms with Crippen LogP contribution in [0.3, 0.4) is 0 Å². The van der Waals surface area contributed by atoms with Crippen LogP contribution in [0.5, 0.6) is 5.75 Å². The molecule has 6 nitrogen and oxygen atoms in total. The number of aryl methyl sites for hydroxylation is 1. The number of rotatable bonds is 5. The van der Waals surface area contributed by atoms with E-state index in [1.165, 1.54) is 0 Å². The number of methoxy groups -OCH3 is 1. The maximum Gasteiger partial charge on any atom is 0.156 e. The SMILES string of the molecule is COCc1nc(C)cc(N2CCC(Oc3cncc(Cl)c3)CC2)n1. The van der Waals surface area contributed by atoms with Gasteiger partial charge < -0.3 is 14.4 Å². The van der Waals surface area contributed by atoms with Gasteiger partial charge >= 0.3 is 0 Å². The normalized spacial score (nSPS) is 15.5. The van der Waals surface area contributed by atoms with Crippen LogP contribution in [0.15, 0.2) is 24.5 Å². The largest absolute Gasteiger partial charge is 0.489 e. The minimum absolute atomic E-state index is 0.169. The topological polar surface area (TPSA) is 60.4 Å². The first-order valence-electron chi connectivity index (χ1n) is 7.99. The summed E-state index contributed by atoms with van der Waals surface area (Å²) in [6, 6.07) is 3.81. The number of anilines is 1. The quantitative estimate of drug-likeness (QED) is 0.827. The van der Waals surface area contributed by atoms with Gasteiger partial charge in [-0.1, -0.05) is 11.6 Å². The van der Waals surface area contributed by atoms with Crippen molar-refractivity contribution >= 4 is 17.4 Å². The van der Waals surface area contributed by atoms with Gasteiger partial charge in [-0.3, -0.25) is 4.98 Å². The van der Waals surface area contributed by atoms with Crippen molar-refractivity contribution in [1.82, 2.24) is 15.0 Å². The molecule has 0 amide bonds. The molecule has 1 saturated heterocycles. The van der Waals surface area contributed by atoms with E-state index in [4.69, 9.17) is 21.1 Å². The zero-order chi connectivity index (χ0) is 16.9. The van der Waals surface area contributed by atoms with E-state index in [0.717, 1.165) is 49.0 Å². The summed E-state index contributed by atoms with van der Waals surface area (Å²) in [6.07, 6.45) is 5.32. The summed E-state index contributed by atoms with van der Waals surface area (Å²) in [5.74, 6) is 2.40. The fourth-order valence-electron chi connectivity index (χ4n) is 2.82. The van der Waals surface area contributed by atoms with Crippen LogP contribution >= 0.6 is 11.6 Å². The minimum atomic E-state index is 0.169. The van der Waals surface area contributed by atoms with Gasteiger partial charge in [0.05, 0.1) is 11.2 Å². The van der Waals surface area contributed by atoms with Crippen LogP contribution in [0.1, 0.15) is 24.4 Å². The Morgan fingerprint density at radius 2 is 2.00 bits per heavy atom. The van der Waals surface area contributed by atoms with Gasteiger partial charge in [-0.2, -0.15) is 0 Å². The van der Waals surface area contributed by atoms with E-state index >= 15 is 0 Å². The Hall–Kier alpha value is -1.92. The summed E-state index contributed by atoms with van der Waals surface area (Å²) in [4.78, 5) is 15.3. The van der Waals surface area contributed by atoms with E-state index in [0.29, 0.717) is 11.6 Å². The Morgan fingerprint density at radius 3 is 2.71 bits per heavy atom. The molecule has 0 atom stereocenters. The highest BCUT2D eigenvalue weighted by Crippen LogP contribution is 2.23. The maximum absolute atomic E-state index is 5.98. The predicted octanol–water partition coefficient (Wildman–Crippen LogP) is 3.03. The fraction of sp³-hybridized carbons (Fsp3) is 0.471. The first-order chi connectivity index (χ1) is 11.6. The molecule has 0 N–H and O–H groups in total. The number of hydrogen-bond donors (Lipinski definition) is 0. The van der Waals surface area contributed by atoms with E-state index < -0.39 is 0 Å². The van der Waals surface area contributed by atoms with Crippen LogP contribution in [-0.2, 0) is 11.3 Å². The van der Waals surface area contributed by atoms with E-state index in [-0.39, 0.29) is 6.10 Å². The van der Waals surface area contributed by atoms with Gasteiger partial charge in [-0.25, -0.2) is 9.97 Å². The lowest BCUT2D eigenvalue weighted by atomic mass is 10.1. The molecule has 0 aromatic carbocycles. The molecule has 0 radical (unpaired) electrons. The number of piperidine rings is 1. The highest BCUT2D eigenvalue weighted by molar-refractivity contribution is 6.30. The van der Waals surface area contributed by atoms with Gasteiger partial charge in [0.2, 0.25) is 0 Å². The molecule has 2 aromatic rings. The highest BCUT2D eigenvalue weighted by atomic mass is 35.5. The van der Waals surface area contributed by atoms with Crippen molar-refractivity contribution in [3.63, 3.8) is 0 Å². The smallest absolute Gasteiger partial charge is 0.156 e. The van der Waals surface area contributed by atoms with Crippen LogP contribution in [0.25, 0.3) is 0 Å². The monoisotopic (exact) mass is 348 g/mol. The van der Waals surface area contributed by atoms with Crippen molar-refractivity contribution in [3.05, 3.63) is 41.1 Å². The Bertz CT molecular complexity index is 690. The van der Waals surface area contributed by atoms with Gasteiger partial charge in [-0.15, -0.1) is 0 Å². The third kappa shape index (κ3) is 4.33. The van der Waals surface area contributed by atoms with Gasteiger partial charge in [0, 0.05) is 57.1 Å². The summed E-state index contributed by atoms with van der Waals surface area (Å²) in [7, 11) is 1.65.